The number of hydrogen-bond donors (Lipinski definition) is 3. The second kappa shape index (κ2) is 9.94. The van der Waals surface area contributed by atoms with Gasteiger partial charge in [0, 0.05) is 72.4 Å². The van der Waals surface area contributed by atoms with Gasteiger partial charge in [0.2, 0.25) is 0 Å². The number of likely N-dealkylation sites (N-methyl/N-ethyl adjacent to an activating group) is 1. The summed E-state index contributed by atoms with van der Waals surface area (Å²) in [6, 6.07) is 18.4. The maximum absolute atomic E-state index is 4.74. The van der Waals surface area contributed by atoms with Crippen molar-refractivity contribution in [3.8, 4) is 22.5 Å². The van der Waals surface area contributed by atoms with E-state index in [4.69, 9.17) is 4.98 Å². The predicted octanol–water partition coefficient (Wildman–Crippen LogP) is 5.40. The number of nitrogens with zero attached hydrogens (tertiary/aromatic N) is 6. The SMILES string of the molecule is C=C(Nc1cncc(-c2cnc3[nH]nc(-c4cc5c(N6CCN(C)CC6)nccc5[nH]4)c3c2)c1)c1ccccc1. The predicted molar refractivity (Wildman–Crippen MR) is 161 cm³/mol. The molecule has 3 N–H and O–H groups in total. The van der Waals surface area contributed by atoms with Crippen molar-refractivity contribution in [3.05, 3.63) is 91.5 Å². The quantitative estimate of drug-likeness (QED) is 0.267. The van der Waals surface area contributed by atoms with Crippen LogP contribution in [0.15, 0.2) is 86.0 Å². The van der Waals surface area contributed by atoms with Crippen molar-refractivity contribution in [1.82, 2.24) is 35.0 Å². The summed E-state index contributed by atoms with van der Waals surface area (Å²) < 4.78 is 0. The number of piperazine rings is 1. The van der Waals surface area contributed by atoms with Gasteiger partial charge in [0.05, 0.1) is 23.1 Å². The van der Waals surface area contributed by atoms with E-state index in [1.807, 2.05) is 55.0 Å². The van der Waals surface area contributed by atoms with Crippen LogP contribution in [-0.2, 0) is 0 Å². The first-order valence-corrected chi connectivity index (χ1v) is 13.3. The Morgan fingerprint density at radius 2 is 1.73 bits per heavy atom. The van der Waals surface area contributed by atoms with E-state index in [1.165, 1.54) is 0 Å². The van der Waals surface area contributed by atoms with Crippen LogP contribution in [0.2, 0.25) is 0 Å². The Morgan fingerprint density at radius 3 is 2.58 bits per heavy atom. The van der Waals surface area contributed by atoms with E-state index in [0.717, 1.165) is 93.4 Å². The third-order valence-electron chi connectivity index (χ3n) is 7.49. The third-order valence-corrected chi connectivity index (χ3v) is 7.49. The molecule has 9 nitrogen and oxygen atoms in total. The highest BCUT2D eigenvalue weighted by Crippen LogP contribution is 2.34. The molecule has 9 heteroatoms. The first kappa shape index (κ1) is 24.1. The van der Waals surface area contributed by atoms with Gasteiger partial charge in [-0.1, -0.05) is 36.9 Å². The fourth-order valence-electron chi connectivity index (χ4n) is 5.26. The molecule has 0 saturated carbocycles. The lowest BCUT2D eigenvalue weighted by Crippen LogP contribution is -2.44. The van der Waals surface area contributed by atoms with Crippen molar-refractivity contribution >= 4 is 39.1 Å². The monoisotopic (exact) mass is 527 g/mol. The van der Waals surface area contributed by atoms with Gasteiger partial charge >= 0.3 is 0 Å². The van der Waals surface area contributed by atoms with E-state index in [0.29, 0.717) is 0 Å². The van der Waals surface area contributed by atoms with Crippen LogP contribution >= 0.6 is 0 Å². The molecular formula is C31H29N9. The number of H-pyrrole nitrogens is 2. The molecule has 0 atom stereocenters. The molecule has 1 fully saturated rings. The molecule has 1 saturated heterocycles. The molecule has 6 heterocycles. The fraction of sp³-hybridized carbons (Fsp3) is 0.161. The first-order chi connectivity index (χ1) is 19.6. The largest absolute Gasteiger partial charge is 0.354 e. The molecule has 5 aromatic heterocycles. The van der Waals surface area contributed by atoms with E-state index in [1.54, 1.807) is 6.20 Å². The molecule has 198 valence electrons. The number of hydrogen-bond acceptors (Lipinski definition) is 7. The molecule has 0 radical (unpaired) electrons. The number of benzene rings is 1. The van der Waals surface area contributed by atoms with E-state index in [-0.39, 0.29) is 0 Å². The summed E-state index contributed by atoms with van der Waals surface area (Å²) in [5.41, 5.74) is 8.13. The lowest BCUT2D eigenvalue weighted by atomic mass is 10.1. The van der Waals surface area contributed by atoms with Crippen LogP contribution in [0.5, 0.6) is 0 Å². The highest BCUT2D eigenvalue weighted by molar-refractivity contribution is 5.99. The van der Waals surface area contributed by atoms with Crippen molar-refractivity contribution in [1.29, 1.82) is 0 Å². The van der Waals surface area contributed by atoms with E-state index in [9.17, 15) is 0 Å². The fourth-order valence-corrected chi connectivity index (χ4v) is 5.26. The molecule has 0 unspecified atom stereocenters. The van der Waals surface area contributed by atoms with Gasteiger partial charge in [0.25, 0.3) is 0 Å². The van der Waals surface area contributed by atoms with E-state index < -0.39 is 0 Å². The van der Waals surface area contributed by atoms with Crippen LogP contribution in [0.4, 0.5) is 11.5 Å². The molecule has 0 amide bonds. The molecule has 1 aromatic carbocycles. The number of rotatable bonds is 6. The molecular weight excluding hydrogens is 498 g/mol. The van der Waals surface area contributed by atoms with Crippen LogP contribution < -0.4 is 10.2 Å². The first-order valence-electron chi connectivity index (χ1n) is 13.3. The maximum Gasteiger partial charge on any atom is 0.155 e. The van der Waals surface area contributed by atoms with Gasteiger partial charge < -0.3 is 20.1 Å². The minimum absolute atomic E-state index is 0.731. The summed E-state index contributed by atoms with van der Waals surface area (Å²) in [5.74, 6) is 1.01. The summed E-state index contributed by atoms with van der Waals surface area (Å²) in [6.45, 7) is 8.16. The lowest BCUT2D eigenvalue weighted by Gasteiger charge is -2.33. The number of nitrogens with one attached hydrogen (secondary N) is 3. The van der Waals surface area contributed by atoms with Crippen LogP contribution in [0, 0.1) is 0 Å². The number of fused-ring (bicyclic) bond motifs is 2. The molecule has 0 spiro atoms. The summed E-state index contributed by atoms with van der Waals surface area (Å²) in [4.78, 5) is 22.2. The minimum atomic E-state index is 0.731. The van der Waals surface area contributed by atoms with Crippen molar-refractivity contribution in [2.45, 2.75) is 0 Å². The standard InChI is InChI=1S/C31H29N9/c1-20(21-6-4-3-5-7-21)35-24-14-22(17-32-19-24)23-15-26-29(37-38-30(26)34-18-23)28-16-25-27(36-28)8-9-33-31(25)40-12-10-39(2)11-13-40/h3-9,14-19,35-36H,1,10-13H2,2H3,(H,34,37,38). The minimum Gasteiger partial charge on any atom is -0.354 e. The summed E-state index contributed by atoms with van der Waals surface area (Å²) in [5, 5.41) is 13.1. The maximum atomic E-state index is 4.74. The Bertz CT molecular complexity index is 1830. The highest BCUT2D eigenvalue weighted by atomic mass is 15.3. The Morgan fingerprint density at radius 1 is 0.900 bits per heavy atom. The average molecular weight is 528 g/mol. The second-order valence-corrected chi connectivity index (χ2v) is 10.2. The summed E-state index contributed by atoms with van der Waals surface area (Å²) >= 11 is 0. The smallest absolute Gasteiger partial charge is 0.155 e. The van der Waals surface area contributed by atoms with Crippen LogP contribution in [0.1, 0.15) is 5.56 Å². The summed E-state index contributed by atoms with van der Waals surface area (Å²) in [7, 11) is 2.16. The van der Waals surface area contributed by atoms with Gasteiger partial charge in [-0.2, -0.15) is 5.10 Å². The molecule has 0 bridgehead atoms. The van der Waals surface area contributed by atoms with E-state index in [2.05, 4.69) is 72.1 Å². The van der Waals surface area contributed by atoms with E-state index >= 15 is 0 Å². The number of aromatic amines is 2. The van der Waals surface area contributed by atoms with Gasteiger partial charge in [-0.25, -0.2) is 9.97 Å². The van der Waals surface area contributed by atoms with Gasteiger partial charge in [-0.3, -0.25) is 10.1 Å². The van der Waals surface area contributed by atoms with Gasteiger partial charge in [0.15, 0.2) is 5.65 Å². The third kappa shape index (κ3) is 4.46. The van der Waals surface area contributed by atoms with Crippen LogP contribution in [0.25, 0.3) is 50.1 Å². The van der Waals surface area contributed by atoms with Gasteiger partial charge in [-0.05, 0) is 36.9 Å². The lowest BCUT2D eigenvalue weighted by molar-refractivity contribution is 0.312. The average Bonchev–Trinajstić information content (AvgIpc) is 3.62. The Balaban J connectivity index is 1.21. The molecule has 7 rings (SSSR count). The van der Waals surface area contributed by atoms with Gasteiger partial charge in [-0.15, -0.1) is 0 Å². The Labute approximate surface area is 231 Å². The number of pyridine rings is 3. The van der Waals surface area contributed by atoms with Crippen molar-refractivity contribution in [2.75, 3.05) is 43.4 Å². The number of anilines is 2. The van der Waals surface area contributed by atoms with Crippen molar-refractivity contribution in [2.24, 2.45) is 0 Å². The molecule has 0 aliphatic carbocycles. The van der Waals surface area contributed by atoms with Crippen molar-refractivity contribution < 1.29 is 0 Å². The zero-order valence-electron chi connectivity index (χ0n) is 22.2. The molecule has 1 aliphatic rings. The van der Waals surface area contributed by atoms with Gasteiger partial charge in [0.1, 0.15) is 11.5 Å². The normalized spacial score (nSPS) is 14.2. The molecule has 40 heavy (non-hydrogen) atoms. The molecule has 6 aromatic rings. The topological polar surface area (TPSA) is 102 Å². The summed E-state index contributed by atoms with van der Waals surface area (Å²) in [6.07, 6.45) is 7.36. The Kier molecular flexibility index (Phi) is 5.98. The number of aromatic nitrogens is 6. The van der Waals surface area contributed by atoms with Crippen LogP contribution in [0.3, 0.4) is 0 Å². The second-order valence-electron chi connectivity index (χ2n) is 10.2. The van der Waals surface area contributed by atoms with Crippen LogP contribution in [-0.4, -0.2) is 68.3 Å². The molecule has 1 aliphatic heterocycles. The highest BCUT2D eigenvalue weighted by Gasteiger charge is 2.20. The Hall–Kier alpha value is -5.02. The van der Waals surface area contributed by atoms with Crippen molar-refractivity contribution in [3.63, 3.8) is 0 Å². The zero-order valence-corrected chi connectivity index (χ0v) is 22.2. The zero-order chi connectivity index (χ0) is 27.1.